The number of nitrogens with zero attached hydrogens (tertiary/aromatic N) is 2. The number of nitrogens with one attached hydrogen (secondary N) is 1. The zero-order valence-corrected chi connectivity index (χ0v) is 11.5. The van der Waals surface area contributed by atoms with Crippen molar-refractivity contribution in [2.45, 2.75) is 11.9 Å². The Balaban J connectivity index is 2.32. The topological polar surface area (TPSA) is 122 Å². The number of rotatable bonds is 4. The molecule has 8 nitrogen and oxygen atoms in total. The number of carboxylic acid groups (broad SMARTS) is 1. The van der Waals surface area contributed by atoms with E-state index in [-0.39, 0.29) is 21.6 Å². The molecule has 0 amide bonds. The molecule has 10 heteroatoms. The van der Waals surface area contributed by atoms with Gasteiger partial charge in [-0.15, -0.1) is 11.3 Å². The summed E-state index contributed by atoms with van der Waals surface area (Å²) in [7, 11) is -3.47. The molecule has 102 valence electrons. The van der Waals surface area contributed by atoms with E-state index in [2.05, 4.69) is 15.5 Å². The molecule has 2 heterocycles. The van der Waals surface area contributed by atoms with Gasteiger partial charge < -0.3 is 14.9 Å². The molecule has 0 aliphatic carbocycles. The largest absolute Gasteiger partial charge is 0.476 e. The summed E-state index contributed by atoms with van der Waals surface area (Å²) in [5.41, 5.74) is -0.153. The van der Waals surface area contributed by atoms with Gasteiger partial charge in [0.1, 0.15) is 5.00 Å². The van der Waals surface area contributed by atoms with Crippen molar-refractivity contribution in [3.63, 3.8) is 0 Å². The molecule has 0 aliphatic heterocycles. The van der Waals surface area contributed by atoms with E-state index in [1.54, 1.807) is 6.92 Å². The fraction of sp³-hybridized carbons (Fsp3) is 0.222. The second-order valence-corrected chi connectivity index (χ2v) is 6.81. The van der Waals surface area contributed by atoms with Crippen LogP contribution in [0.5, 0.6) is 0 Å². The molecule has 0 radical (unpaired) electrons. The van der Waals surface area contributed by atoms with Gasteiger partial charge in [-0.2, -0.15) is 0 Å². The molecule has 0 saturated heterocycles. The molecule has 2 N–H and O–H groups in total. The van der Waals surface area contributed by atoms with Crippen LogP contribution < -0.4 is 5.32 Å². The van der Waals surface area contributed by atoms with E-state index in [1.165, 1.54) is 6.07 Å². The fourth-order valence-corrected chi connectivity index (χ4v) is 2.57. The van der Waals surface area contributed by atoms with Crippen LogP contribution in [0.1, 0.15) is 15.5 Å². The molecule has 0 fully saturated rings. The number of hydrogen-bond acceptors (Lipinski definition) is 8. The van der Waals surface area contributed by atoms with E-state index in [1.807, 2.05) is 0 Å². The van der Waals surface area contributed by atoms with E-state index in [9.17, 15) is 13.2 Å². The lowest BCUT2D eigenvalue weighted by atomic mass is 10.4. The van der Waals surface area contributed by atoms with Gasteiger partial charge in [0, 0.05) is 12.3 Å². The molecule has 0 aromatic carbocycles. The minimum atomic E-state index is -3.47. The third-order valence-electron chi connectivity index (χ3n) is 2.04. The average molecular weight is 303 g/mol. The Labute approximate surface area is 112 Å². The van der Waals surface area contributed by atoms with Gasteiger partial charge in [-0.25, -0.2) is 18.2 Å². The van der Waals surface area contributed by atoms with Crippen molar-refractivity contribution in [1.29, 1.82) is 0 Å². The lowest BCUT2D eigenvalue weighted by molar-refractivity contribution is 0.0692. The zero-order valence-electron chi connectivity index (χ0n) is 9.87. The highest BCUT2D eigenvalue weighted by atomic mass is 32.2. The molecule has 0 atom stereocenters. The first kappa shape index (κ1) is 13.5. The molecule has 2 aromatic rings. The summed E-state index contributed by atoms with van der Waals surface area (Å²) < 4.78 is 27.2. The highest BCUT2D eigenvalue weighted by Crippen LogP contribution is 2.28. The number of aromatic carboxylic acids is 1. The highest BCUT2D eigenvalue weighted by Gasteiger charge is 2.19. The Kier molecular flexibility index (Phi) is 3.28. The van der Waals surface area contributed by atoms with Crippen LogP contribution >= 0.6 is 11.3 Å². The summed E-state index contributed by atoms with van der Waals surface area (Å²) in [4.78, 5) is 14.8. The van der Waals surface area contributed by atoms with Gasteiger partial charge in [0.05, 0.1) is 5.01 Å². The van der Waals surface area contributed by atoms with E-state index in [4.69, 9.17) is 9.63 Å². The number of aryl methyl sites for hydroxylation is 1. The maximum atomic E-state index is 11.2. The minimum Gasteiger partial charge on any atom is -0.476 e. The molecule has 0 saturated carbocycles. The van der Waals surface area contributed by atoms with Gasteiger partial charge in [-0.1, -0.05) is 5.16 Å². The predicted molar refractivity (Wildman–Crippen MR) is 66.7 cm³/mol. The summed E-state index contributed by atoms with van der Waals surface area (Å²) in [6, 6.07) is 1.18. The number of carboxylic acids is 1. The number of thiazole rings is 1. The molecule has 19 heavy (non-hydrogen) atoms. The van der Waals surface area contributed by atoms with Crippen LogP contribution in [0.3, 0.4) is 0 Å². The standard InChI is InChI=1S/C9H9N3O5S2/c1-4-10-7(9(13)14)8(18-4)11-5-3-6(12-17-5)19(2,15)16/h3,11H,1-2H3,(H,13,14). The van der Waals surface area contributed by atoms with Crippen LogP contribution in [0.2, 0.25) is 0 Å². The third kappa shape index (κ3) is 2.90. The smallest absolute Gasteiger partial charge is 0.357 e. The van der Waals surface area contributed by atoms with Crippen LogP contribution in [0, 0.1) is 6.92 Å². The molecule has 0 aliphatic rings. The Hall–Kier alpha value is -1.94. The Morgan fingerprint density at radius 1 is 1.53 bits per heavy atom. The predicted octanol–water partition coefficient (Wildman–Crippen LogP) is 1.28. The summed E-state index contributed by atoms with van der Waals surface area (Å²) in [6.07, 6.45) is 0.994. The number of aromatic nitrogens is 2. The first-order valence-corrected chi connectivity index (χ1v) is 7.62. The third-order valence-corrected chi connectivity index (χ3v) is 3.88. The average Bonchev–Trinajstić information content (AvgIpc) is 2.85. The summed E-state index contributed by atoms with van der Waals surface area (Å²) in [5.74, 6) is -1.15. The Morgan fingerprint density at radius 2 is 2.21 bits per heavy atom. The van der Waals surface area contributed by atoms with Gasteiger partial charge in [0.2, 0.25) is 5.88 Å². The number of sulfone groups is 1. The SMILES string of the molecule is Cc1nc(C(=O)O)c(Nc2cc(S(C)(=O)=O)no2)s1. The van der Waals surface area contributed by atoms with Crippen LogP contribution in [0.15, 0.2) is 15.6 Å². The fourth-order valence-electron chi connectivity index (χ4n) is 1.26. The monoisotopic (exact) mass is 303 g/mol. The van der Waals surface area contributed by atoms with Crippen molar-refractivity contribution in [3.8, 4) is 0 Å². The maximum absolute atomic E-state index is 11.2. The lowest BCUT2D eigenvalue weighted by Crippen LogP contribution is -2.01. The number of anilines is 2. The van der Waals surface area contributed by atoms with E-state index < -0.39 is 15.8 Å². The molecular formula is C9H9N3O5S2. The minimum absolute atomic E-state index is 0.0339. The second-order valence-electron chi connectivity index (χ2n) is 3.64. The van der Waals surface area contributed by atoms with Gasteiger partial charge in [0.25, 0.3) is 0 Å². The quantitative estimate of drug-likeness (QED) is 0.866. The maximum Gasteiger partial charge on any atom is 0.357 e. The van der Waals surface area contributed by atoms with Crippen LogP contribution in [0.4, 0.5) is 10.9 Å². The van der Waals surface area contributed by atoms with Crippen molar-refractivity contribution in [2.24, 2.45) is 0 Å². The van der Waals surface area contributed by atoms with Gasteiger partial charge in [-0.05, 0) is 6.92 Å². The number of hydrogen-bond donors (Lipinski definition) is 2. The van der Waals surface area contributed by atoms with Crippen molar-refractivity contribution >= 4 is 38.0 Å². The molecule has 0 unspecified atom stereocenters. The molecule has 2 aromatic heterocycles. The molecule has 0 bridgehead atoms. The van der Waals surface area contributed by atoms with E-state index in [0.29, 0.717) is 5.01 Å². The first-order valence-electron chi connectivity index (χ1n) is 4.92. The Bertz CT molecular complexity index is 731. The van der Waals surface area contributed by atoms with Crippen molar-refractivity contribution in [3.05, 3.63) is 16.8 Å². The first-order chi connectivity index (χ1) is 8.77. The van der Waals surface area contributed by atoms with Crippen LogP contribution in [0.25, 0.3) is 0 Å². The molecule has 0 spiro atoms. The number of carbonyl (C=O) groups is 1. The molecule has 2 rings (SSSR count). The van der Waals surface area contributed by atoms with Crippen molar-refractivity contribution < 1.29 is 22.8 Å². The van der Waals surface area contributed by atoms with Crippen LogP contribution in [-0.4, -0.2) is 35.9 Å². The van der Waals surface area contributed by atoms with Crippen molar-refractivity contribution in [2.75, 3.05) is 11.6 Å². The van der Waals surface area contributed by atoms with Crippen LogP contribution in [-0.2, 0) is 9.84 Å². The summed E-state index contributed by atoms with van der Waals surface area (Å²) in [5, 5.41) is 15.6. The van der Waals surface area contributed by atoms with Gasteiger partial charge >= 0.3 is 5.97 Å². The second kappa shape index (κ2) is 4.63. The lowest BCUT2D eigenvalue weighted by Gasteiger charge is -1.97. The van der Waals surface area contributed by atoms with E-state index >= 15 is 0 Å². The zero-order chi connectivity index (χ0) is 14.2. The normalized spacial score (nSPS) is 11.5. The highest BCUT2D eigenvalue weighted by molar-refractivity contribution is 7.90. The van der Waals surface area contributed by atoms with Crippen molar-refractivity contribution in [1.82, 2.24) is 10.1 Å². The van der Waals surface area contributed by atoms with Gasteiger partial charge in [0.15, 0.2) is 20.6 Å². The molecular weight excluding hydrogens is 294 g/mol. The summed E-state index contributed by atoms with van der Waals surface area (Å²) in [6.45, 7) is 1.66. The van der Waals surface area contributed by atoms with Gasteiger partial charge in [-0.3, -0.25) is 0 Å². The summed E-state index contributed by atoms with van der Waals surface area (Å²) >= 11 is 1.11. The Morgan fingerprint density at radius 3 is 2.74 bits per heavy atom. The van der Waals surface area contributed by atoms with E-state index in [0.717, 1.165) is 17.6 Å².